The van der Waals surface area contributed by atoms with Crippen LogP contribution < -0.4 is 15.3 Å². The molecule has 3 aromatic carbocycles. The predicted octanol–water partition coefficient (Wildman–Crippen LogP) is 8.05. The maximum Gasteiger partial charge on any atom is 0.416 e. The number of imide groups is 1. The number of alkyl halides is 6. The van der Waals surface area contributed by atoms with Gasteiger partial charge in [-0.1, -0.05) is 87.0 Å². The number of anilines is 1. The van der Waals surface area contributed by atoms with E-state index in [1.54, 1.807) is 25.1 Å². The van der Waals surface area contributed by atoms with Gasteiger partial charge in [-0.3, -0.25) is 9.59 Å². The molecule has 0 spiro atoms. The summed E-state index contributed by atoms with van der Waals surface area (Å²) in [5.41, 5.74) is -2.88. The third-order valence-corrected chi connectivity index (χ3v) is 16.5. The molecule has 1 aliphatic heterocycles. The Labute approximate surface area is 344 Å². The SMILES string of the molecule is C/C(=C\c1ccc(CO)o1)CC[C@@H](O)C1=C(CO[Si](c2ccccc2)(c2ccccc2)C(C)(C)C)C[C@H]2C(=O)N(c3cc(C(F)(F)F)cc(C(F)(F)F)c3)C(=O)[C@H]2[C@H]1CO. The summed E-state index contributed by atoms with van der Waals surface area (Å²) in [4.78, 5) is 28.9. The van der Waals surface area contributed by atoms with Crippen LogP contribution in [0.3, 0.4) is 0 Å². The van der Waals surface area contributed by atoms with Crippen LogP contribution in [0.1, 0.15) is 69.6 Å². The predicted molar refractivity (Wildman–Crippen MR) is 215 cm³/mol. The van der Waals surface area contributed by atoms with Crippen molar-refractivity contribution in [3.8, 4) is 0 Å². The van der Waals surface area contributed by atoms with Gasteiger partial charge in [-0.15, -0.1) is 0 Å². The minimum absolute atomic E-state index is 0.0657. The fraction of sp³-hybridized carbons (Fsp3) is 0.378. The Morgan fingerprint density at radius 1 is 0.867 bits per heavy atom. The molecular formula is C45H47F6NO7Si. The number of nitrogens with zero attached hydrogens (tertiary/aromatic N) is 1. The number of amides is 2. The molecule has 0 saturated carbocycles. The number of rotatable bonds is 13. The van der Waals surface area contributed by atoms with Crippen molar-refractivity contribution in [2.75, 3.05) is 18.1 Å². The van der Waals surface area contributed by atoms with Crippen molar-refractivity contribution in [3.05, 3.63) is 130 Å². The van der Waals surface area contributed by atoms with Gasteiger partial charge in [0.05, 0.1) is 48.0 Å². The summed E-state index contributed by atoms with van der Waals surface area (Å²) in [6.07, 6.45) is -9.93. The van der Waals surface area contributed by atoms with Crippen LogP contribution in [0.15, 0.2) is 112 Å². The molecule has 60 heavy (non-hydrogen) atoms. The standard InChI is InChI=1S/C45H47F6NO7Si/c1-27(19-32-16-17-33(24-53)59-32)15-18-38(55)39-28(26-58-60(43(2,3)4,34-11-7-5-8-12-34)35-13-9-6-10-14-35)20-36-40(37(39)25-54)42(57)52(41(36)56)31-22-29(44(46,47)48)21-30(23-31)45(49,50)51/h5-14,16-17,19,21-23,36-38,40,53-55H,15,18,20,24-26H2,1-4H3/b27-19+/t36-,37+,38-,40-/m1/s1. The number of allylic oxidation sites excluding steroid dienone is 1. The molecule has 2 heterocycles. The summed E-state index contributed by atoms with van der Waals surface area (Å²) in [5.74, 6) is -5.23. The molecule has 4 atom stereocenters. The first-order valence-corrected chi connectivity index (χ1v) is 21.4. The van der Waals surface area contributed by atoms with E-state index in [0.29, 0.717) is 40.5 Å². The highest BCUT2D eigenvalue weighted by Gasteiger charge is 2.57. The molecule has 1 saturated heterocycles. The summed E-state index contributed by atoms with van der Waals surface area (Å²) in [7, 11) is -3.28. The highest BCUT2D eigenvalue weighted by Crippen LogP contribution is 2.49. The van der Waals surface area contributed by atoms with Crippen LogP contribution in [0.4, 0.5) is 32.0 Å². The zero-order chi connectivity index (χ0) is 43.8. The maximum atomic E-state index is 14.3. The summed E-state index contributed by atoms with van der Waals surface area (Å²) in [6.45, 7) is 6.72. The van der Waals surface area contributed by atoms with Crippen LogP contribution in [0, 0.1) is 17.8 Å². The summed E-state index contributed by atoms with van der Waals surface area (Å²) in [6, 6.07) is 23.1. The van der Waals surface area contributed by atoms with Gasteiger partial charge in [0.25, 0.3) is 8.32 Å². The van der Waals surface area contributed by atoms with Gasteiger partial charge in [-0.2, -0.15) is 26.3 Å². The zero-order valence-electron chi connectivity index (χ0n) is 33.5. The third-order valence-electron chi connectivity index (χ3n) is 11.5. The fourth-order valence-electron chi connectivity index (χ4n) is 8.76. The Kier molecular flexibility index (Phi) is 12.9. The minimum Gasteiger partial charge on any atom is -0.459 e. The molecule has 0 unspecified atom stereocenters. The Bertz CT molecular complexity index is 2170. The molecule has 0 bridgehead atoms. The lowest BCUT2D eigenvalue weighted by Gasteiger charge is -2.44. The maximum absolute atomic E-state index is 14.3. The first kappa shape index (κ1) is 44.7. The number of halogens is 6. The van der Waals surface area contributed by atoms with Gasteiger partial charge in [0, 0.05) is 5.92 Å². The Hall–Kier alpha value is -4.80. The summed E-state index contributed by atoms with van der Waals surface area (Å²) < 4.78 is 96.5. The molecule has 1 fully saturated rings. The van der Waals surface area contributed by atoms with Crippen LogP contribution in [0.5, 0.6) is 0 Å². The second-order valence-corrected chi connectivity index (χ2v) is 20.7. The highest BCUT2D eigenvalue weighted by molar-refractivity contribution is 6.99. The summed E-state index contributed by atoms with van der Waals surface area (Å²) in [5, 5.41) is 33.9. The monoisotopic (exact) mass is 855 g/mol. The van der Waals surface area contributed by atoms with Crippen molar-refractivity contribution in [2.24, 2.45) is 17.8 Å². The molecule has 320 valence electrons. The number of carbonyl (C=O) groups excluding carboxylic acids is 2. The largest absolute Gasteiger partial charge is 0.459 e. The van der Waals surface area contributed by atoms with E-state index in [9.17, 15) is 51.3 Å². The Morgan fingerprint density at radius 2 is 1.43 bits per heavy atom. The van der Waals surface area contributed by atoms with Crippen molar-refractivity contribution in [1.29, 1.82) is 0 Å². The van der Waals surface area contributed by atoms with Crippen LogP contribution in [0.25, 0.3) is 6.08 Å². The topological polar surface area (TPSA) is 120 Å². The highest BCUT2D eigenvalue weighted by atomic mass is 28.4. The molecule has 0 radical (unpaired) electrons. The zero-order valence-corrected chi connectivity index (χ0v) is 34.5. The Balaban J connectivity index is 1.45. The number of fused-ring (bicyclic) bond motifs is 1. The van der Waals surface area contributed by atoms with Gasteiger partial charge < -0.3 is 24.2 Å². The molecular weight excluding hydrogens is 809 g/mol. The van der Waals surface area contributed by atoms with E-state index in [2.05, 4.69) is 20.8 Å². The van der Waals surface area contributed by atoms with Gasteiger partial charge in [0.2, 0.25) is 11.8 Å². The normalized spacial score (nSPS) is 19.9. The smallest absolute Gasteiger partial charge is 0.416 e. The number of benzene rings is 3. The molecule has 4 aromatic rings. The summed E-state index contributed by atoms with van der Waals surface area (Å²) >= 11 is 0. The van der Waals surface area contributed by atoms with E-state index in [1.807, 2.05) is 60.7 Å². The lowest BCUT2D eigenvalue weighted by Crippen LogP contribution is -2.66. The first-order chi connectivity index (χ1) is 28.2. The van der Waals surface area contributed by atoms with Crippen molar-refractivity contribution >= 4 is 42.3 Å². The molecule has 2 aliphatic rings. The number of hydrogen-bond acceptors (Lipinski definition) is 7. The molecule has 1 aromatic heterocycles. The van der Waals surface area contributed by atoms with Gasteiger partial charge >= 0.3 is 12.4 Å². The van der Waals surface area contributed by atoms with E-state index in [1.165, 1.54) is 0 Å². The van der Waals surface area contributed by atoms with Crippen LogP contribution in [-0.4, -0.2) is 54.8 Å². The first-order valence-electron chi connectivity index (χ1n) is 19.5. The van der Waals surface area contributed by atoms with Gasteiger partial charge in [0.15, 0.2) is 0 Å². The van der Waals surface area contributed by atoms with Crippen LogP contribution in [-0.2, 0) is 33.0 Å². The Morgan fingerprint density at radius 3 is 1.92 bits per heavy atom. The van der Waals surface area contributed by atoms with Crippen molar-refractivity contribution in [3.63, 3.8) is 0 Å². The van der Waals surface area contributed by atoms with E-state index in [-0.39, 0.29) is 37.7 Å². The number of carbonyl (C=O) groups is 2. The lowest BCUT2D eigenvalue weighted by molar-refractivity contribution is -0.143. The van der Waals surface area contributed by atoms with Crippen molar-refractivity contribution < 1.29 is 60.1 Å². The molecule has 6 rings (SSSR count). The van der Waals surface area contributed by atoms with Crippen molar-refractivity contribution in [2.45, 2.75) is 77.1 Å². The second kappa shape index (κ2) is 17.3. The van der Waals surface area contributed by atoms with Crippen LogP contribution >= 0.6 is 0 Å². The van der Waals surface area contributed by atoms with Gasteiger partial charge in [0.1, 0.15) is 18.1 Å². The van der Waals surface area contributed by atoms with Gasteiger partial charge in [-0.25, -0.2) is 4.90 Å². The quantitative estimate of drug-likeness (QED) is 0.0539. The third kappa shape index (κ3) is 8.82. The molecule has 1 aliphatic carbocycles. The number of aliphatic hydroxyl groups excluding tert-OH is 3. The second-order valence-electron chi connectivity index (χ2n) is 16.4. The molecule has 2 amide bonds. The number of furan rings is 1. The van der Waals surface area contributed by atoms with E-state index >= 15 is 0 Å². The van der Waals surface area contributed by atoms with Gasteiger partial charge in [-0.05, 0) is 89.2 Å². The molecule has 15 heteroatoms. The van der Waals surface area contributed by atoms with Crippen LogP contribution in [0.2, 0.25) is 5.04 Å². The average molecular weight is 856 g/mol. The average Bonchev–Trinajstić information content (AvgIpc) is 3.76. The van der Waals surface area contributed by atoms with E-state index < -0.39 is 84.8 Å². The number of aliphatic hydroxyl groups is 3. The van der Waals surface area contributed by atoms with E-state index in [0.717, 1.165) is 15.9 Å². The molecule has 8 nitrogen and oxygen atoms in total. The fourth-order valence-corrected chi connectivity index (χ4v) is 13.3. The van der Waals surface area contributed by atoms with Crippen molar-refractivity contribution in [1.82, 2.24) is 0 Å². The lowest BCUT2D eigenvalue weighted by atomic mass is 9.68. The molecule has 3 N–H and O–H groups in total. The van der Waals surface area contributed by atoms with E-state index in [4.69, 9.17) is 8.84 Å². The number of hydrogen-bond donors (Lipinski definition) is 3. The minimum atomic E-state index is -5.24.